The molecular formula is C23H24N6O3. The molecule has 9 heteroatoms. The van der Waals surface area contributed by atoms with Crippen molar-refractivity contribution in [3.05, 3.63) is 81.9 Å². The lowest BCUT2D eigenvalue weighted by molar-refractivity contribution is -0.386. The Kier molecular flexibility index (Phi) is 5.72. The monoisotopic (exact) mass is 432 g/mol. The maximum absolute atomic E-state index is 12.7. The second-order valence-corrected chi connectivity index (χ2v) is 7.91. The van der Waals surface area contributed by atoms with E-state index < -0.39 is 10.8 Å². The van der Waals surface area contributed by atoms with Gasteiger partial charge in [-0.1, -0.05) is 49.4 Å². The number of hydrogen-bond donors (Lipinski definition) is 1. The van der Waals surface area contributed by atoms with E-state index in [1.165, 1.54) is 15.5 Å². The second kappa shape index (κ2) is 8.62. The van der Waals surface area contributed by atoms with E-state index >= 15 is 0 Å². The minimum atomic E-state index is -0.441. The van der Waals surface area contributed by atoms with Crippen molar-refractivity contribution in [3.63, 3.8) is 0 Å². The SMILES string of the molecule is Cc1nn(CC(C)C(=O)Nc2cnn(Cc3cccc4ccccc34)c2)c(C)c1[N+](=O)[O-]. The number of aryl methyl sites for hydroxylation is 1. The number of aromatic nitrogens is 4. The highest BCUT2D eigenvalue weighted by Crippen LogP contribution is 2.23. The van der Waals surface area contributed by atoms with E-state index in [0.29, 0.717) is 23.6 Å². The van der Waals surface area contributed by atoms with Gasteiger partial charge in [-0.15, -0.1) is 0 Å². The number of rotatable bonds is 7. The third kappa shape index (κ3) is 4.22. The van der Waals surface area contributed by atoms with E-state index in [9.17, 15) is 14.9 Å². The molecule has 1 unspecified atom stereocenters. The fourth-order valence-corrected chi connectivity index (χ4v) is 3.86. The largest absolute Gasteiger partial charge is 0.323 e. The molecule has 4 rings (SSSR count). The Hall–Kier alpha value is -4.01. The standard InChI is InChI=1S/C23H24N6O3/c1-15(12-28-17(3)22(29(31)32)16(2)26-28)23(30)25-20-11-24-27(14-20)13-19-9-6-8-18-7-4-5-10-21(18)19/h4-11,14-15H,12-13H2,1-3H3,(H,25,30). The summed E-state index contributed by atoms with van der Waals surface area (Å²) in [6.45, 7) is 5.83. The van der Waals surface area contributed by atoms with Crippen LogP contribution in [0.25, 0.3) is 10.8 Å². The van der Waals surface area contributed by atoms with Crippen LogP contribution in [0.15, 0.2) is 54.9 Å². The van der Waals surface area contributed by atoms with E-state index in [2.05, 4.69) is 39.8 Å². The average Bonchev–Trinajstić information content (AvgIpc) is 3.31. The van der Waals surface area contributed by atoms with Crippen LogP contribution < -0.4 is 5.32 Å². The predicted octanol–water partition coefficient (Wildman–Crippen LogP) is 4.08. The second-order valence-electron chi connectivity index (χ2n) is 7.91. The van der Waals surface area contributed by atoms with Crippen molar-refractivity contribution in [3.8, 4) is 0 Å². The van der Waals surface area contributed by atoms with Crippen molar-refractivity contribution in [2.75, 3.05) is 5.32 Å². The van der Waals surface area contributed by atoms with Crippen molar-refractivity contribution in [2.45, 2.75) is 33.9 Å². The van der Waals surface area contributed by atoms with Gasteiger partial charge in [-0.05, 0) is 30.2 Å². The van der Waals surface area contributed by atoms with Crippen molar-refractivity contribution in [2.24, 2.45) is 5.92 Å². The average molecular weight is 432 g/mol. The molecular weight excluding hydrogens is 408 g/mol. The summed E-state index contributed by atoms with van der Waals surface area (Å²) < 4.78 is 3.30. The van der Waals surface area contributed by atoms with Gasteiger partial charge >= 0.3 is 5.69 Å². The molecule has 2 aromatic heterocycles. The van der Waals surface area contributed by atoms with Crippen molar-refractivity contribution < 1.29 is 9.72 Å². The molecule has 9 nitrogen and oxygen atoms in total. The maximum atomic E-state index is 12.7. The number of benzene rings is 2. The molecule has 0 aliphatic rings. The van der Waals surface area contributed by atoms with Crippen molar-refractivity contribution >= 4 is 28.1 Å². The molecule has 2 aromatic carbocycles. The number of amides is 1. The van der Waals surface area contributed by atoms with Crippen LogP contribution in [-0.4, -0.2) is 30.4 Å². The van der Waals surface area contributed by atoms with Gasteiger partial charge in [-0.25, -0.2) is 0 Å². The van der Waals surface area contributed by atoms with Gasteiger partial charge in [0.1, 0.15) is 11.4 Å². The van der Waals surface area contributed by atoms with Crippen LogP contribution in [0.3, 0.4) is 0 Å². The number of anilines is 1. The summed E-state index contributed by atoms with van der Waals surface area (Å²) in [6, 6.07) is 14.4. The third-order valence-electron chi connectivity index (χ3n) is 5.53. The summed E-state index contributed by atoms with van der Waals surface area (Å²) in [5, 5.41) is 25.0. The summed E-state index contributed by atoms with van der Waals surface area (Å²) in [4.78, 5) is 23.4. The predicted molar refractivity (Wildman–Crippen MR) is 121 cm³/mol. The topological polar surface area (TPSA) is 108 Å². The number of nitro groups is 1. The maximum Gasteiger partial charge on any atom is 0.312 e. The summed E-state index contributed by atoms with van der Waals surface area (Å²) in [6.07, 6.45) is 3.41. The van der Waals surface area contributed by atoms with E-state index in [0.717, 1.165) is 5.56 Å². The number of hydrogen-bond acceptors (Lipinski definition) is 5. The molecule has 0 saturated carbocycles. The van der Waals surface area contributed by atoms with E-state index in [-0.39, 0.29) is 18.1 Å². The number of nitrogens with zero attached hydrogens (tertiary/aromatic N) is 5. The van der Waals surface area contributed by atoms with Crippen LogP contribution in [0.2, 0.25) is 0 Å². The zero-order valence-corrected chi connectivity index (χ0v) is 18.1. The number of carbonyl (C=O) groups excluding carboxylic acids is 1. The molecule has 0 bridgehead atoms. The summed E-state index contributed by atoms with van der Waals surface area (Å²) in [7, 11) is 0. The highest BCUT2D eigenvalue weighted by molar-refractivity contribution is 5.92. The van der Waals surface area contributed by atoms with Gasteiger partial charge in [-0.3, -0.25) is 24.3 Å². The van der Waals surface area contributed by atoms with Gasteiger partial charge in [0.2, 0.25) is 5.91 Å². The van der Waals surface area contributed by atoms with E-state index in [1.54, 1.807) is 37.8 Å². The zero-order chi connectivity index (χ0) is 22.8. The highest BCUT2D eigenvalue weighted by atomic mass is 16.6. The Morgan fingerprint density at radius 1 is 1.19 bits per heavy atom. The van der Waals surface area contributed by atoms with Crippen molar-refractivity contribution in [1.82, 2.24) is 19.6 Å². The van der Waals surface area contributed by atoms with Gasteiger partial charge in [0, 0.05) is 6.20 Å². The first-order chi connectivity index (χ1) is 15.3. The third-order valence-corrected chi connectivity index (χ3v) is 5.53. The lowest BCUT2D eigenvalue weighted by atomic mass is 10.0. The van der Waals surface area contributed by atoms with E-state index in [1.807, 2.05) is 18.2 Å². The van der Waals surface area contributed by atoms with Gasteiger partial charge in [0.15, 0.2) is 0 Å². The lowest BCUT2D eigenvalue weighted by Crippen LogP contribution is -2.25. The number of carbonyl (C=O) groups is 1. The molecule has 4 aromatic rings. The summed E-state index contributed by atoms with van der Waals surface area (Å²) in [5.74, 6) is -0.640. The molecule has 1 N–H and O–H groups in total. The van der Waals surface area contributed by atoms with Crippen LogP contribution in [-0.2, 0) is 17.9 Å². The number of fused-ring (bicyclic) bond motifs is 1. The minimum Gasteiger partial charge on any atom is -0.323 e. The molecule has 1 atom stereocenters. The van der Waals surface area contributed by atoms with Crippen LogP contribution in [0.4, 0.5) is 11.4 Å². The lowest BCUT2D eigenvalue weighted by Gasteiger charge is -2.12. The Bertz CT molecular complexity index is 1300. The molecule has 2 heterocycles. The molecule has 0 aliphatic heterocycles. The van der Waals surface area contributed by atoms with Crippen molar-refractivity contribution in [1.29, 1.82) is 0 Å². The van der Waals surface area contributed by atoms with Gasteiger partial charge < -0.3 is 5.32 Å². The summed E-state index contributed by atoms with van der Waals surface area (Å²) in [5.41, 5.74) is 2.52. The van der Waals surface area contributed by atoms with Gasteiger partial charge in [-0.2, -0.15) is 10.2 Å². The fourth-order valence-electron chi connectivity index (χ4n) is 3.86. The molecule has 1 amide bonds. The Morgan fingerprint density at radius 3 is 2.69 bits per heavy atom. The molecule has 0 fully saturated rings. The Balaban J connectivity index is 1.42. The molecule has 0 saturated heterocycles. The van der Waals surface area contributed by atoms with Crippen LogP contribution in [0.5, 0.6) is 0 Å². The van der Waals surface area contributed by atoms with Crippen LogP contribution in [0.1, 0.15) is 23.9 Å². The van der Waals surface area contributed by atoms with Gasteiger partial charge in [0.05, 0.1) is 35.8 Å². The molecule has 0 spiro atoms. The molecule has 0 radical (unpaired) electrons. The first kappa shape index (κ1) is 21.2. The number of nitrogens with one attached hydrogen (secondary N) is 1. The summed E-state index contributed by atoms with van der Waals surface area (Å²) >= 11 is 0. The van der Waals surface area contributed by atoms with Gasteiger partial charge in [0.25, 0.3) is 0 Å². The molecule has 164 valence electrons. The first-order valence-electron chi connectivity index (χ1n) is 10.3. The molecule has 32 heavy (non-hydrogen) atoms. The van der Waals surface area contributed by atoms with E-state index in [4.69, 9.17) is 0 Å². The first-order valence-corrected chi connectivity index (χ1v) is 10.3. The minimum absolute atomic E-state index is 0.00711. The highest BCUT2D eigenvalue weighted by Gasteiger charge is 2.24. The quantitative estimate of drug-likeness (QED) is 0.350. The van der Waals surface area contributed by atoms with Crippen LogP contribution in [0, 0.1) is 29.9 Å². The molecule has 0 aliphatic carbocycles. The zero-order valence-electron chi connectivity index (χ0n) is 18.1. The normalized spacial score (nSPS) is 12.1. The Morgan fingerprint density at radius 2 is 1.94 bits per heavy atom. The smallest absolute Gasteiger partial charge is 0.312 e. The fraction of sp³-hybridized carbons (Fsp3) is 0.261. The van der Waals surface area contributed by atoms with Crippen LogP contribution >= 0.6 is 0 Å². The Labute approximate surface area is 184 Å².